The number of aromatic amines is 1. The molecule has 1 aromatic rings. The first kappa shape index (κ1) is 17.3. The first-order valence-corrected chi connectivity index (χ1v) is 9.12. The fourth-order valence-corrected chi connectivity index (χ4v) is 4.33. The van der Waals surface area contributed by atoms with Gasteiger partial charge in [-0.1, -0.05) is 30.9 Å². The first-order valence-electron chi connectivity index (χ1n) is 8.74. The highest BCUT2D eigenvalue weighted by Gasteiger charge is 2.31. The Labute approximate surface area is 146 Å². The maximum Gasteiger partial charge on any atom is 0.347 e. The molecule has 7 heteroatoms. The van der Waals surface area contributed by atoms with Gasteiger partial charge in [-0.2, -0.15) is 4.98 Å². The van der Waals surface area contributed by atoms with Crippen LogP contribution in [-0.4, -0.2) is 29.0 Å². The van der Waals surface area contributed by atoms with E-state index in [9.17, 15) is 9.59 Å². The highest BCUT2D eigenvalue weighted by molar-refractivity contribution is 6.31. The highest BCUT2D eigenvalue weighted by Crippen LogP contribution is 2.43. The molecule has 0 spiro atoms. The van der Waals surface area contributed by atoms with Crippen molar-refractivity contribution in [3.63, 3.8) is 0 Å². The van der Waals surface area contributed by atoms with Gasteiger partial charge in [-0.25, -0.2) is 4.79 Å². The zero-order valence-corrected chi connectivity index (χ0v) is 14.5. The normalized spacial score (nSPS) is 26.0. The van der Waals surface area contributed by atoms with Crippen molar-refractivity contribution in [2.75, 3.05) is 13.2 Å². The second-order valence-corrected chi connectivity index (χ2v) is 7.44. The van der Waals surface area contributed by atoms with Crippen molar-refractivity contribution in [2.45, 2.75) is 44.9 Å². The fourth-order valence-electron chi connectivity index (χ4n) is 4.18. The lowest BCUT2D eigenvalue weighted by Gasteiger charge is -2.39. The molecule has 1 heterocycles. The molecule has 1 amide bonds. The number of ether oxygens (including phenoxy) is 1. The van der Waals surface area contributed by atoms with Crippen molar-refractivity contribution in [2.24, 2.45) is 17.8 Å². The quantitative estimate of drug-likeness (QED) is 0.823. The van der Waals surface area contributed by atoms with Gasteiger partial charge in [-0.15, -0.1) is 0 Å². The molecule has 2 fully saturated rings. The second kappa shape index (κ2) is 8.01. The molecule has 0 saturated heterocycles. The molecule has 3 rings (SSSR count). The Bertz CT molecular complexity index is 622. The number of nitrogens with zero attached hydrogens (tertiary/aromatic N) is 1. The molecule has 24 heavy (non-hydrogen) atoms. The minimum absolute atomic E-state index is 0.0759. The van der Waals surface area contributed by atoms with E-state index in [1.807, 2.05) is 0 Å². The SMILES string of the molecule is O=C(COc1[nH]c(=O)ncc1Cl)NCCC1CC2CCCC(C2)C1. The van der Waals surface area contributed by atoms with Crippen LogP contribution >= 0.6 is 11.6 Å². The standard InChI is InChI=1S/C17H24ClN3O3/c18-14-9-20-17(23)21-16(14)24-10-15(22)19-5-4-13-7-11-2-1-3-12(6-11)8-13/h9,11-13H,1-8,10H2,(H,19,22)(H,20,21,23). The average Bonchev–Trinajstić information content (AvgIpc) is 2.55. The Morgan fingerprint density at radius 2 is 2.08 bits per heavy atom. The summed E-state index contributed by atoms with van der Waals surface area (Å²) in [4.78, 5) is 28.8. The van der Waals surface area contributed by atoms with E-state index in [-0.39, 0.29) is 23.4 Å². The van der Waals surface area contributed by atoms with Crippen LogP contribution in [0.4, 0.5) is 0 Å². The Morgan fingerprint density at radius 1 is 1.33 bits per heavy atom. The molecule has 2 bridgehead atoms. The summed E-state index contributed by atoms with van der Waals surface area (Å²) in [5, 5.41) is 3.06. The number of amides is 1. The van der Waals surface area contributed by atoms with Crippen molar-refractivity contribution in [1.82, 2.24) is 15.3 Å². The monoisotopic (exact) mass is 353 g/mol. The molecule has 2 unspecified atom stereocenters. The molecule has 0 radical (unpaired) electrons. The lowest BCUT2D eigenvalue weighted by Crippen LogP contribution is -2.33. The maximum absolute atomic E-state index is 11.9. The predicted molar refractivity (Wildman–Crippen MR) is 91.2 cm³/mol. The number of nitrogens with one attached hydrogen (secondary N) is 2. The number of hydrogen-bond donors (Lipinski definition) is 2. The van der Waals surface area contributed by atoms with E-state index < -0.39 is 5.69 Å². The van der Waals surface area contributed by atoms with Gasteiger partial charge in [0.2, 0.25) is 5.88 Å². The van der Waals surface area contributed by atoms with Crippen molar-refractivity contribution in [3.05, 3.63) is 21.7 Å². The zero-order chi connectivity index (χ0) is 16.9. The minimum atomic E-state index is -0.558. The van der Waals surface area contributed by atoms with Gasteiger partial charge in [0, 0.05) is 6.54 Å². The van der Waals surface area contributed by atoms with Crippen LogP contribution in [0.25, 0.3) is 0 Å². The van der Waals surface area contributed by atoms with E-state index in [0.29, 0.717) is 6.54 Å². The van der Waals surface area contributed by atoms with E-state index in [0.717, 1.165) is 24.2 Å². The summed E-state index contributed by atoms with van der Waals surface area (Å²) < 4.78 is 5.24. The van der Waals surface area contributed by atoms with Crippen molar-refractivity contribution in [3.8, 4) is 5.88 Å². The summed E-state index contributed by atoms with van der Waals surface area (Å²) in [7, 11) is 0. The van der Waals surface area contributed by atoms with Gasteiger partial charge in [0.25, 0.3) is 5.91 Å². The topological polar surface area (TPSA) is 84.1 Å². The van der Waals surface area contributed by atoms with Crippen LogP contribution in [0.15, 0.2) is 11.0 Å². The Morgan fingerprint density at radius 3 is 2.83 bits per heavy atom. The van der Waals surface area contributed by atoms with Crippen molar-refractivity contribution < 1.29 is 9.53 Å². The molecule has 2 saturated carbocycles. The van der Waals surface area contributed by atoms with Crippen LogP contribution in [0.2, 0.25) is 5.02 Å². The summed E-state index contributed by atoms with van der Waals surface area (Å²) in [5.74, 6) is 2.42. The number of rotatable bonds is 6. The molecule has 6 nitrogen and oxygen atoms in total. The third-order valence-electron chi connectivity index (χ3n) is 5.18. The molecule has 0 aliphatic heterocycles. The lowest BCUT2D eigenvalue weighted by atomic mass is 9.67. The summed E-state index contributed by atoms with van der Waals surface area (Å²) in [6.07, 6.45) is 10.5. The van der Waals surface area contributed by atoms with E-state index in [1.165, 1.54) is 44.7 Å². The van der Waals surface area contributed by atoms with E-state index in [2.05, 4.69) is 15.3 Å². The molecular formula is C17H24ClN3O3. The van der Waals surface area contributed by atoms with E-state index in [1.54, 1.807) is 0 Å². The number of carbonyl (C=O) groups is 1. The van der Waals surface area contributed by atoms with Crippen molar-refractivity contribution >= 4 is 17.5 Å². The van der Waals surface area contributed by atoms with Gasteiger partial charge in [0.1, 0.15) is 5.02 Å². The predicted octanol–water partition coefficient (Wildman–Crippen LogP) is 2.52. The van der Waals surface area contributed by atoms with Gasteiger partial charge in [-0.05, 0) is 43.4 Å². The Kier molecular flexibility index (Phi) is 5.76. The number of H-pyrrole nitrogens is 1. The maximum atomic E-state index is 11.9. The third kappa shape index (κ3) is 4.72. The lowest BCUT2D eigenvalue weighted by molar-refractivity contribution is -0.123. The van der Waals surface area contributed by atoms with E-state index in [4.69, 9.17) is 16.3 Å². The molecule has 0 aromatic carbocycles. The van der Waals surface area contributed by atoms with Crippen LogP contribution in [0, 0.1) is 17.8 Å². The van der Waals surface area contributed by atoms with Crippen molar-refractivity contribution in [1.29, 1.82) is 0 Å². The fraction of sp³-hybridized carbons (Fsp3) is 0.706. The van der Waals surface area contributed by atoms with Crippen LogP contribution in [0.3, 0.4) is 0 Å². The van der Waals surface area contributed by atoms with Gasteiger partial charge in [0.15, 0.2) is 6.61 Å². The second-order valence-electron chi connectivity index (χ2n) is 7.03. The summed E-state index contributed by atoms with van der Waals surface area (Å²) in [6.45, 7) is 0.502. The minimum Gasteiger partial charge on any atom is -0.468 e. The van der Waals surface area contributed by atoms with Gasteiger partial charge in [-0.3, -0.25) is 9.78 Å². The van der Waals surface area contributed by atoms with Gasteiger partial charge >= 0.3 is 5.69 Å². The molecule has 2 aliphatic carbocycles. The van der Waals surface area contributed by atoms with Crippen LogP contribution in [0.5, 0.6) is 5.88 Å². The van der Waals surface area contributed by atoms with Crippen LogP contribution in [-0.2, 0) is 4.79 Å². The number of fused-ring (bicyclic) bond motifs is 2. The van der Waals surface area contributed by atoms with Gasteiger partial charge in [0.05, 0.1) is 6.20 Å². The summed E-state index contributed by atoms with van der Waals surface area (Å²) in [6, 6.07) is 0. The largest absolute Gasteiger partial charge is 0.468 e. The molecule has 2 atom stereocenters. The molecular weight excluding hydrogens is 330 g/mol. The number of aromatic nitrogens is 2. The zero-order valence-electron chi connectivity index (χ0n) is 13.7. The van der Waals surface area contributed by atoms with Gasteiger partial charge < -0.3 is 10.1 Å². The number of hydrogen-bond acceptors (Lipinski definition) is 4. The molecule has 132 valence electrons. The molecule has 2 aliphatic rings. The first-order chi connectivity index (χ1) is 11.6. The summed E-state index contributed by atoms with van der Waals surface area (Å²) >= 11 is 5.84. The molecule has 1 aromatic heterocycles. The van der Waals surface area contributed by atoms with Crippen LogP contribution < -0.4 is 15.7 Å². The Balaban J connectivity index is 1.37. The third-order valence-corrected chi connectivity index (χ3v) is 5.45. The smallest absolute Gasteiger partial charge is 0.347 e. The van der Waals surface area contributed by atoms with E-state index >= 15 is 0 Å². The highest BCUT2D eigenvalue weighted by atomic mass is 35.5. The summed E-state index contributed by atoms with van der Waals surface area (Å²) in [5.41, 5.74) is -0.558. The Hall–Kier alpha value is -1.56. The average molecular weight is 354 g/mol. The molecule has 2 N–H and O–H groups in total. The number of carbonyl (C=O) groups excluding carboxylic acids is 1. The number of halogens is 1. The van der Waals surface area contributed by atoms with Crippen LogP contribution in [0.1, 0.15) is 44.9 Å².